The molecule has 18 nitrogen and oxygen atoms in total. The summed E-state index contributed by atoms with van der Waals surface area (Å²) >= 11 is 0. The Morgan fingerprint density at radius 1 is 0.222 bits per heavy atom. The van der Waals surface area contributed by atoms with Crippen molar-refractivity contribution in [3.8, 4) is 69.0 Å². The van der Waals surface area contributed by atoms with Crippen molar-refractivity contribution in [2.75, 3.05) is 0 Å². The van der Waals surface area contributed by atoms with Gasteiger partial charge in [0, 0.05) is 108 Å². The van der Waals surface area contributed by atoms with Gasteiger partial charge in [0.25, 0.3) is 0 Å². The molecule has 0 radical (unpaired) electrons. The van der Waals surface area contributed by atoms with Crippen molar-refractivity contribution in [1.82, 2.24) is 0 Å². The van der Waals surface area contributed by atoms with Crippen LogP contribution in [0, 0.1) is 0 Å². The minimum atomic E-state index is -0.0740. The minimum absolute atomic E-state index is 0.000188. The van der Waals surface area contributed by atoms with E-state index in [4.69, 9.17) is 0 Å². The highest BCUT2D eigenvalue weighted by Gasteiger charge is 2.27. The van der Waals surface area contributed by atoms with Gasteiger partial charge in [-0.15, -0.1) is 0 Å². The Balaban J connectivity index is 0.000000180. The molecule has 0 spiro atoms. The summed E-state index contributed by atoms with van der Waals surface area (Å²) < 4.78 is 13.0. The van der Waals surface area contributed by atoms with Crippen LogP contribution in [0.25, 0.3) is 64.6 Å². The van der Waals surface area contributed by atoms with Crippen LogP contribution in [0.4, 0.5) is 0 Å². The van der Waals surface area contributed by atoms with Crippen LogP contribution >= 0.6 is 0 Å². The number of phenolic OH excluding ortho intramolecular Hbond substituents is 12. The second-order valence-corrected chi connectivity index (χ2v) is 31.8. The molecule has 0 amide bonds. The number of hydrogen-bond acceptors (Lipinski definition) is 12. The van der Waals surface area contributed by atoms with Gasteiger partial charge in [0.2, 0.25) is 0 Å². The Labute approximate surface area is 637 Å². The molecule has 18 heteroatoms. The number of hydrogen-bond donors (Lipinski definition) is 12. The molecule has 0 bridgehead atoms. The molecule has 0 fully saturated rings. The van der Waals surface area contributed by atoms with E-state index in [1.165, 1.54) is 23.5 Å². The van der Waals surface area contributed by atoms with Crippen LogP contribution in [0.15, 0.2) is 147 Å². The van der Waals surface area contributed by atoms with Gasteiger partial charge in [0.05, 0.1) is 10.8 Å². The molecular formula is C90H120N6O12+6. The van der Waals surface area contributed by atoms with Gasteiger partial charge in [-0.1, -0.05) is 83.1 Å². The fraction of sp³-hybridized carbons (Fsp3) is 0.400. The molecule has 108 heavy (non-hydrogen) atoms. The van der Waals surface area contributed by atoms with E-state index in [0.717, 1.165) is 65.5 Å². The summed E-state index contributed by atoms with van der Waals surface area (Å²) in [6.07, 6.45) is 18.0. The van der Waals surface area contributed by atoms with Gasteiger partial charge in [-0.05, 0) is 172 Å². The summed E-state index contributed by atoms with van der Waals surface area (Å²) in [5.74, 6) is 1.32. The summed E-state index contributed by atoms with van der Waals surface area (Å²) in [5, 5.41) is 128. The zero-order chi connectivity index (χ0) is 80.7. The van der Waals surface area contributed by atoms with Crippen molar-refractivity contribution in [3.63, 3.8) is 0 Å². The lowest BCUT2D eigenvalue weighted by molar-refractivity contribution is -0.723. The van der Waals surface area contributed by atoms with Crippen molar-refractivity contribution in [2.45, 2.75) is 238 Å². The first-order valence-electron chi connectivity index (χ1n) is 37.9. The number of fused-ring (bicyclic) bond motifs is 6. The molecule has 12 rings (SSSR count). The van der Waals surface area contributed by atoms with Crippen LogP contribution in [-0.2, 0) is 0 Å². The molecule has 0 saturated carbocycles. The normalized spacial score (nSPS) is 11.7. The quantitative estimate of drug-likeness (QED) is 0.0402. The van der Waals surface area contributed by atoms with Crippen molar-refractivity contribution in [1.29, 1.82) is 0 Å². The molecule has 12 aromatic rings. The minimum Gasteiger partial charge on any atom is -0.504 e. The number of nitrogens with zero attached hydrogens (tertiary/aromatic N) is 6. The molecule has 0 aliphatic carbocycles. The zero-order valence-electron chi connectivity index (χ0n) is 67.8. The topological polar surface area (TPSA) is 266 Å². The van der Waals surface area contributed by atoms with E-state index in [1.54, 1.807) is 24.3 Å². The maximum absolute atomic E-state index is 10.1. The monoisotopic (exact) mass is 1480 g/mol. The van der Waals surface area contributed by atoms with Gasteiger partial charge in [0.15, 0.2) is 178 Å². The molecule has 6 aromatic heterocycles. The SMILES string of the molecule is CC(C)c1c2ccc(O)c(O)c2cc[n+]1C(C)C.CC(C)c1c[n+](C(C)C)cc2ccc(O)c(O)c12.CC(C)c1cc(O)c(O)c2cc[n+](C(C)C)cc12.CC(C)c1cc2c(O)c(O)ccc2c[n+]1C(C)C.CC(C)c1cc2c[n+](C(C)C)ccc2c(O)c1O.CC(C)c1cc2cc(O)c(O)cc2c[n+]1C(C)C. The molecule has 576 valence electrons. The molecule has 0 unspecified atom stereocenters. The number of pyridine rings is 6. The maximum atomic E-state index is 10.1. The van der Waals surface area contributed by atoms with Crippen molar-refractivity contribution in [2.24, 2.45) is 0 Å². The van der Waals surface area contributed by atoms with E-state index in [1.807, 2.05) is 112 Å². The average Bonchev–Trinajstić information content (AvgIpc) is 0.825. The van der Waals surface area contributed by atoms with E-state index in [-0.39, 0.29) is 80.8 Å². The van der Waals surface area contributed by atoms with E-state index in [9.17, 15) is 61.3 Å². The van der Waals surface area contributed by atoms with E-state index >= 15 is 0 Å². The predicted molar refractivity (Wildman–Crippen MR) is 432 cm³/mol. The zero-order valence-corrected chi connectivity index (χ0v) is 67.8. The van der Waals surface area contributed by atoms with E-state index in [2.05, 4.69) is 192 Å². The fourth-order valence-electron chi connectivity index (χ4n) is 13.3. The van der Waals surface area contributed by atoms with Crippen LogP contribution in [0.2, 0.25) is 0 Å². The molecule has 0 atom stereocenters. The van der Waals surface area contributed by atoms with Gasteiger partial charge in [-0.3, -0.25) is 0 Å². The smallest absolute Gasteiger partial charge is 0.192 e. The largest absolute Gasteiger partial charge is 0.504 e. The van der Waals surface area contributed by atoms with Gasteiger partial charge in [0.1, 0.15) is 0 Å². The number of rotatable bonds is 12. The Hall–Kier alpha value is -10.6. The molecular weight excluding hydrogens is 1360 g/mol. The molecule has 0 aliphatic heterocycles. The third-order valence-corrected chi connectivity index (χ3v) is 19.6. The summed E-state index contributed by atoms with van der Waals surface area (Å²) in [4.78, 5) is 0. The van der Waals surface area contributed by atoms with Crippen LogP contribution in [0.3, 0.4) is 0 Å². The maximum Gasteiger partial charge on any atom is 0.192 e. The highest BCUT2D eigenvalue weighted by Crippen LogP contribution is 2.43. The number of aromatic hydroxyl groups is 12. The Morgan fingerprint density at radius 2 is 0.657 bits per heavy atom. The van der Waals surface area contributed by atoms with Gasteiger partial charge in [-0.2, -0.15) is 13.7 Å². The first kappa shape index (κ1) is 84.6. The van der Waals surface area contributed by atoms with Gasteiger partial charge in [-0.25, -0.2) is 13.7 Å². The molecule has 6 aromatic carbocycles. The summed E-state index contributed by atoms with van der Waals surface area (Å²) in [6.45, 7) is 50.7. The fourth-order valence-corrected chi connectivity index (χ4v) is 13.3. The summed E-state index contributed by atoms with van der Waals surface area (Å²) in [6, 6.07) is 28.8. The van der Waals surface area contributed by atoms with Crippen molar-refractivity contribution in [3.05, 3.63) is 181 Å². The first-order valence-corrected chi connectivity index (χ1v) is 37.9. The lowest BCUT2D eigenvalue weighted by Gasteiger charge is -2.13. The van der Waals surface area contributed by atoms with Crippen LogP contribution in [-0.4, -0.2) is 61.3 Å². The Bertz CT molecular complexity index is 5080. The molecule has 0 saturated heterocycles. The van der Waals surface area contributed by atoms with Gasteiger partial charge < -0.3 is 61.3 Å². The van der Waals surface area contributed by atoms with Crippen molar-refractivity contribution >= 4 is 64.6 Å². The van der Waals surface area contributed by atoms with Crippen LogP contribution < -0.4 is 27.4 Å². The summed E-state index contributed by atoms with van der Waals surface area (Å²) in [5.41, 5.74) is 6.44. The predicted octanol–water partition coefficient (Wildman–Crippen LogP) is 19.5. The summed E-state index contributed by atoms with van der Waals surface area (Å²) in [7, 11) is 0. The molecule has 12 N–H and O–H groups in total. The molecule has 6 heterocycles. The van der Waals surface area contributed by atoms with Crippen LogP contribution in [0.5, 0.6) is 69.0 Å². The lowest BCUT2D eigenvalue weighted by Crippen LogP contribution is -2.41. The average molecular weight is 1480 g/mol. The first-order chi connectivity index (χ1) is 50.5. The van der Waals surface area contributed by atoms with E-state index in [0.29, 0.717) is 81.5 Å². The Morgan fingerprint density at radius 3 is 1.17 bits per heavy atom. The van der Waals surface area contributed by atoms with Crippen molar-refractivity contribution < 1.29 is 88.7 Å². The van der Waals surface area contributed by atoms with Crippen LogP contribution in [0.1, 0.15) is 272 Å². The number of benzene rings is 6. The highest BCUT2D eigenvalue weighted by molar-refractivity contribution is 5.95. The second kappa shape index (κ2) is 35.4. The number of aromatic nitrogens is 6. The third kappa shape index (κ3) is 19.0. The molecule has 0 aliphatic rings. The second-order valence-electron chi connectivity index (χ2n) is 31.8. The number of phenols is 12. The van der Waals surface area contributed by atoms with E-state index < -0.39 is 0 Å². The lowest BCUT2D eigenvalue weighted by atomic mass is 9.96. The highest BCUT2D eigenvalue weighted by atomic mass is 16.3. The standard InChI is InChI=1S/6C15H19NO2/c1-9(2)13-5-11-6-14(17)15(18)7-12(11)8-16(13)10(3)4;1-9(2)13-7-11-8-16(10(3)4)6-5-12(11)14(17)15(13)18;1-9(2)12-7-14(17)15(18)11-5-6-16(10(3)4)8-13(11)12;1-9(2)13-7-12-11(8-16(13)10(3)4)5-6-14(17)15(12)18;1-9(2)12-8-16(10(3)4)7-11-5-6-13(17)15(18)14(11)12;1-9(2)14-11-5-6-13(17)15(18)12(11)7-8-16(14)10(3)4/h5-10,18H,1-4H3;5-10,17H,1-4H3;4*5-10,18H,1-4H3/p+6. The third-order valence-electron chi connectivity index (χ3n) is 19.6. The van der Waals surface area contributed by atoms with Gasteiger partial charge >= 0.3 is 0 Å². The Kier molecular flexibility index (Phi) is 27.7.